The van der Waals surface area contributed by atoms with Crippen molar-refractivity contribution in [1.29, 1.82) is 0 Å². The number of nitrogens with zero attached hydrogens (tertiary/aromatic N) is 4. The number of hydrogen-bond acceptors (Lipinski definition) is 6. The zero-order valence-electron chi connectivity index (χ0n) is 14.8. The summed E-state index contributed by atoms with van der Waals surface area (Å²) in [6.07, 6.45) is 1.40. The summed E-state index contributed by atoms with van der Waals surface area (Å²) < 4.78 is 13.2. The van der Waals surface area contributed by atoms with E-state index in [9.17, 15) is 4.79 Å². The van der Waals surface area contributed by atoms with E-state index < -0.39 is 0 Å². The fourth-order valence-corrected chi connectivity index (χ4v) is 2.81. The molecule has 0 saturated carbocycles. The smallest absolute Gasteiger partial charge is 0.273 e. The van der Waals surface area contributed by atoms with E-state index >= 15 is 0 Å². The van der Waals surface area contributed by atoms with Gasteiger partial charge in [-0.05, 0) is 31.2 Å². The van der Waals surface area contributed by atoms with E-state index in [1.807, 2.05) is 49.4 Å². The quantitative estimate of drug-likeness (QED) is 0.741. The van der Waals surface area contributed by atoms with Crippen LogP contribution in [0.3, 0.4) is 0 Å². The number of pyridine rings is 1. The van der Waals surface area contributed by atoms with Crippen LogP contribution in [0.4, 0.5) is 0 Å². The third-order valence-electron chi connectivity index (χ3n) is 4.11. The van der Waals surface area contributed by atoms with Crippen LogP contribution < -0.4 is 14.8 Å². The van der Waals surface area contributed by atoms with Crippen molar-refractivity contribution in [2.24, 2.45) is 0 Å². The molecule has 0 radical (unpaired) electrons. The number of nitrogens with one attached hydrogen (secondary N) is 1. The van der Waals surface area contributed by atoms with Crippen LogP contribution in [0.2, 0.25) is 0 Å². The number of ether oxygens (including phenoxy) is 2. The molecule has 1 aliphatic heterocycles. The first-order chi connectivity index (χ1) is 13.2. The molecule has 4 rings (SSSR count). The van der Waals surface area contributed by atoms with Crippen LogP contribution in [0.25, 0.3) is 0 Å². The minimum atomic E-state index is -0.296. The van der Waals surface area contributed by atoms with Gasteiger partial charge < -0.3 is 14.8 Å². The Morgan fingerprint density at radius 1 is 1.22 bits per heavy atom. The number of carbonyl (C=O) groups is 1. The van der Waals surface area contributed by atoms with Gasteiger partial charge in [0.2, 0.25) is 0 Å². The second-order valence-corrected chi connectivity index (χ2v) is 6.28. The van der Waals surface area contributed by atoms with E-state index in [2.05, 4.69) is 20.6 Å². The molecule has 8 nitrogen and oxygen atoms in total. The molecule has 1 unspecified atom stereocenters. The lowest BCUT2D eigenvalue weighted by molar-refractivity contribution is 0.0754. The van der Waals surface area contributed by atoms with Crippen molar-refractivity contribution in [2.75, 3.05) is 6.61 Å². The van der Waals surface area contributed by atoms with Crippen LogP contribution in [0.15, 0.2) is 48.7 Å². The first-order valence-electron chi connectivity index (χ1n) is 8.67. The summed E-state index contributed by atoms with van der Waals surface area (Å²) in [4.78, 5) is 16.6. The summed E-state index contributed by atoms with van der Waals surface area (Å²) in [5.74, 6) is 1.14. The summed E-state index contributed by atoms with van der Waals surface area (Å²) in [6, 6.07) is 13.2. The maximum Gasteiger partial charge on any atom is 0.273 e. The van der Waals surface area contributed by atoms with Crippen molar-refractivity contribution in [3.63, 3.8) is 0 Å². The Hall–Kier alpha value is -3.42. The minimum absolute atomic E-state index is 0.200. The Balaban J connectivity index is 1.34. The molecular weight excluding hydrogens is 346 g/mol. The van der Waals surface area contributed by atoms with E-state index in [1.54, 1.807) is 10.9 Å². The molecule has 1 aliphatic rings. The van der Waals surface area contributed by atoms with Crippen LogP contribution >= 0.6 is 0 Å². The second kappa shape index (κ2) is 7.45. The van der Waals surface area contributed by atoms with Gasteiger partial charge in [0, 0.05) is 5.69 Å². The lowest BCUT2D eigenvalue weighted by Crippen LogP contribution is -2.33. The largest absolute Gasteiger partial charge is 0.486 e. The predicted octanol–water partition coefficient (Wildman–Crippen LogP) is 1.75. The topological polar surface area (TPSA) is 91.2 Å². The number of amides is 1. The SMILES string of the molecule is Cc1cccc(CNC(=O)c2cn(CC3COc4ccccc4O3)nn2)n1. The maximum absolute atomic E-state index is 12.3. The van der Waals surface area contributed by atoms with E-state index in [-0.39, 0.29) is 17.7 Å². The fourth-order valence-electron chi connectivity index (χ4n) is 2.81. The minimum Gasteiger partial charge on any atom is -0.486 e. The van der Waals surface area contributed by atoms with Crippen molar-refractivity contribution in [3.05, 3.63) is 65.7 Å². The third kappa shape index (κ3) is 4.05. The Bertz CT molecular complexity index is 956. The standard InChI is InChI=1S/C19H19N5O3/c1-13-5-4-6-14(21-13)9-20-19(25)16-11-24(23-22-16)10-15-12-26-17-7-2-3-8-18(17)27-15/h2-8,11,15H,9-10,12H2,1H3,(H,20,25). The molecule has 1 atom stereocenters. The van der Waals surface area contributed by atoms with Crippen LogP contribution in [0.1, 0.15) is 21.9 Å². The van der Waals surface area contributed by atoms with Gasteiger partial charge in [-0.2, -0.15) is 0 Å². The molecule has 0 aliphatic carbocycles. The van der Waals surface area contributed by atoms with Gasteiger partial charge in [-0.3, -0.25) is 9.78 Å². The number of aromatic nitrogens is 4. The summed E-state index contributed by atoms with van der Waals surface area (Å²) >= 11 is 0. The van der Waals surface area contributed by atoms with Gasteiger partial charge in [0.25, 0.3) is 5.91 Å². The van der Waals surface area contributed by atoms with E-state index in [1.165, 1.54) is 0 Å². The van der Waals surface area contributed by atoms with Gasteiger partial charge in [-0.1, -0.05) is 23.4 Å². The average Bonchev–Trinajstić information content (AvgIpc) is 3.15. The van der Waals surface area contributed by atoms with Crippen molar-refractivity contribution in [1.82, 2.24) is 25.3 Å². The monoisotopic (exact) mass is 365 g/mol. The molecule has 0 fully saturated rings. The van der Waals surface area contributed by atoms with Crippen molar-refractivity contribution >= 4 is 5.91 Å². The molecule has 27 heavy (non-hydrogen) atoms. The summed E-state index contributed by atoms with van der Waals surface area (Å²) in [5, 5.41) is 10.8. The lowest BCUT2D eigenvalue weighted by Gasteiger charge is -2.26. The highest BCUT2D eigenvalue weighted by Gasteiger charge is 2.22. The first kappa shape index (κ1) is 17.0. The molecule has 0 saturated heterocycles. The molecule has 1 amide bonds. The maximum atomic E-state index is 12.3. The highest BCUT2D eigenvalue weighted by molar-refractivity contribution is 5.91. The molecule has 1 aromatic carbocycles. The number of benzene rings is 1. The first-order valence-corrected chi connectivity index (χ1v) is 8.67. The van der Waals surface area contributed by atoms with Gasteiger partial charge in [-0.15, -0.1) is 5.10 Å². The number of rotatable bonds is 5. The number of para-hydroxylation sites is 2. The number of fused-ring (bicyclic) bond motifs is 1. The molecule has 1 N–H and O–H groups in total. The van der Waals surface area contributed by atoms with Crippen LogP contribution in [-0.2, 0) is 13.1 Å². The molecule has 0 bridgehead atoms. The molecular formula is C19H19N5O3. The summed E-state index contributed by atoms with van der Waals surface area (Å²) in [6.45, 7) is 3.10. The second-order valence-electron chi connectivity index (χ2n) is 6.28. The van der Waals surface area contributed by atoms with Crippen molar-refractivity contribution < 1.29 is 14.3 Å². The van der Waals surface area contributed by atoms with Gasteiger partial charge in [0.15, 0.2) is 23.3 Å². The van der Waals surface area contributed by atoms with Gasteiger partial charge in [0.1, 0.15) is 6.61 Å². The highest BCUT2D eigenvalue weighted by atomic mass is 16.6. The zero-order chi connectivity index (χ0) is 18.6. The number of aryl methyl sites for hydroxylation is 1. The van der Waals surface area contributed by atoms with Gasteiger partial charge in [0.05, 0.1) is 25.0 Å². The number of carbonyl (C=O) groups excluding carboxylic acids is 1. The number of hydrogen-bond donors (Lipinski definition) is 1. The Kier molecular flexibility index (Phi) is 4.69. The van der Waals surface area contributed by atoms with Crippen LogP contribution in [0, 0.1) is 6.92 Å². The zero-order valence-corrected chi connectivity index (χ0v) is 14.8. The Morgan fingerprint density at radius 3 is 2.93 bits per heavy atom. The molecule has 3 aromatic rings. The van der Waals surface area contributed by atoms with E-state index in [0.717, 1.165) is 17.1 Å². The Morgan fingerprint density at radius 2 is 2.07 bits per heavy atom. The van der Waals surface area contributed by atoms with Crippen molar-refractivity contribution in [2.45, 2.75) is 26.1 Å². The van der Waals surface area contributed by atoms with E-state index in [4.69, 9.17) is 9.47 Å². The highest BCUT2D eigenvalue weighted by Crippen LogP contribution is 2.31. The van der Waals surface area contributed by atoms with Crippen molar-refractivity contribution in [3.8, 4) is 11.5 Å². The molecule has 3 heterocycles. The molecule has 8 heteroatoms. The fraction of sp³-hybridized carbons (Fsp3) is 0.263. The summed E-state index contributed by atoms with van der Waals surface area (Å²) in [5.41, 5.74) is 1.95. The Labute approximate surface area is 156 Å². The average molecular weight is 365 g/mol. The van der Waals surface area contributed by atoms with E-state index in [0.29, 0.717) is 25.4 Å². The summed E-state index contributed by atoms with van der Waals surface area (Å²) in [7, 11) is 0. The van der Waals surface area contributed by atoms with Gasteiger partial charge in [-0.25, -0.2) is 4.68 Å². The van der Waals surface area contributed by atoms with Crippen LogP contribution in [0.5, 0.6) is 11.5 Å². The third-order valence-corrected chi connectivity index (χ3v) is 4.11. The molecule has 0 spiro atoms. The molecule has 138 valence electrons. The predicted molar refractivity (Wildman–Crippen MR) is 96.5 cm³/mol. The van der Waals surface area contributed by atoms with Crippen LogP contribution in [-0.4, -0.2) is 38.6 Å². The molecule has 2 aromatic heterocycles. The van der Waals surface area contributed by atoms with Gasteiger partial charge >= 0.3 is 0 Å². The normalized spacial score (nSPS) is 15.4. The lowest BCUT2D eigenvalue weighted by atomic mass is 10.2.